The van der Waals surface area contributed by atoms with Gasteiger partial charge in [-0.2, -0.15) is 0 Å². The molecule has 2 N–H and O–H groups in total. The minimum atomic E-state index is -0.902. The third-order valence-corrected chi connectivity index (χ3v) is 3.47. The molecule has 106 valence electrons. The Balaban J connectivity index is 2.58. The van der Waals surface area contributed by atoms with E-state index in [2.05, 4.69) is 5.32 Å². The number of carbonyl (C=O) groups is 2. The van der Waals surface area contributed by atoms with E-state index < -0.39 is 11.5 Å². The van der Waals surface area contributed by atoms with Gasteiger partial charge >= 0.3 is 12.0 Å². The fourth-order valence-corrected chi connectivity index (χ4v) is 2.26. The van der Waals surface area contributed by atoms with Crippen LogP contribution in [0.3, 0.4) is 0 Å². The van der Waals surface area contributed by atoms with Gasteiger partial charge < -0.3 is 15.3 Å². The van der Waals surface area contributed by atoms with Crippen LogP contribution < -0.4 is 5.32 Å². The molecule has 0 saturated heterocycles. The number of nitrogens with one attached hydrogen (secondary N) is 1. The number of urea groups is 1. The molecule has 1 rings (SSSR count). The average Bonchev–Trinajstić information content (AvgIpc) is 2.76. The zero-order chi connectivity index (χ0) is 14.5. The smallest absolute Gasteiger partial charge is 0.318 e. The number of carboxylic acid groups (broad SMARTS) is 1. The van der Waals surface area contributed by atoms with E-state index in [0.717, 1.165) is 4.88 Å². The lowest BCUT2D eigenvalue weighted by molar-refractivity contribution is -0.137. The third kappa shape index (κ3) is 5.30. The van der Waals surface area contributed by atoms with Crippen LogP contribution in [0.2, 0.25) is 0 Å². The number of hydrogen-bond acceptors (Lipinski definition) is 3. The molecule has 0 bridgehead atoms. The van der Waals surface area contributed by atoms with Gasteiger partial charge in [0.1, 0.15) is 0 Å². The topological polar surface area (TPSA) is 69.6 Å². The van der Waals surface area contributed by atoms with Crippen molar-refractivity contribution in [2.75, 3.05) is 6.54 Å². The summed E-state index contributed by atoms with van der Waals surface area (Å²) in [7, 11) is 0. The number of aliphatic carboxylic acids is 1. The summed E-state index contributed by atoms with van der Waals surface area (Å²) in [4.78, 5) is 25.4. The van der Waals surface area contributed by atoms with Crippen LogP contribution in [0.25, 0.3) is 0 Å². The molecule has 19 heavy (non-hydrogen) atoms. The highest BCUT2D eigenvalue weighted by Gasteiger charge is 2.26. The van der Waals surface area contributed by atoms with E-state index in [-0.39, 0.29) is 19.0 Å². The molecule has 0 aliphatic carbocycles. The minimum absolute atomic E-state index is 0.0519. The summed E-state index contributed by atoms with van der Waals surface area (Å²) >= 11 is 1.58. The number of thiophene rings is 1. The van der Waals surface area contributed by atoms with Crippen molar-refractivity contribution < 1.29 is 14.7 Å². The Kier molecular flexibility index (Phi) is 5.35. The van der Waals surface area contributed by atoms with Crippen molar-refractivity contribution in [1.29, 1.82) is 0 Å². The molecule has 5 nitrogen and oxygen atoms in total. The maximum atomic E-state index is 12.1. The predicted molar refractivity (Wildman–Crippen MR) is 75.3 cm³/mol. The summed E-state index contributed by atoms with van der Waals surface area (Å²) in [6, 6.07) is 3.64. The van der Waals surface area contributed by atoms with E-state index in [1.165, 1.54) is 0 Å². The van der Waals surface area contributed by atoms with E-state index >= 15 is 0 Å². The minimum Gasteiger partial charge on any atom is -0.481 e. The van der Waals surface area contributed by atoms with Crippen molar-refractivity contribution in [3.05, 3.63) is 22.4 Å². The molecule has 0 aliphatic rings. The fourth-order valence-electron chi connectivity index (χ4n) is 1.62. The van der Waals surface area contributed by atoms with Gasteiger partial charge in [0.25, 0.3) is 0 Å². The number of hydrogen-bond donors (Lipinski definition) is 2. The molecule has 0 atom stereocenters. The zero-order valence-electron chi connectivity index (χ0n) is 11.5. The van der Waals surface area contributed by atoms with Crippen LogP contribution in [0.4, 0.5) is 4.79 Å². The molecule has 6 heteroatoms. The van der Waals surface area contributed by atoms with Gasteiger partial charge in [0.05, 0.1) is 13.0 Å². The molecule has 2 amide bonds. The van der Waals surface area contributed by atoms with Crippen molar-refractivity contribution >= 4 is 23.3 Å². The predicted octanol–water partition coefficient (Wildman–Crippen LogP) is 2.53. The SMILES string of the molecule is CC(C)(C)N(CCC(=O)O)C(=O)NCc1cccs1. The van der Waals surface area contributed by atoms with Crippen molar-refractivity contribution in [2.24, 2.45) is 0 Å². The summed E-state index contributed by atoms with van der Waals surface area (Å²) in [5, 5.41) is 13.5. The van der Waals surface area contributed by atoms with Crippen molar-refractivity contribution in [2.45, 2.75) is 39.3 Å². The lowest BCUT2D eigenvalue weighted by Crippen LogP contribution is -2.50. The Morgan fingerprint density at radius 1 is 1.42 bits per heavy atom. The van der Waals surface area contributed by atoms with Crippen LogP contribution in [0.5, 0.6) is 0 Å². The zero-order valence-corrected chi connectivity index (χ0v) is 12.3. The molecule has 0 saturated carbocycles. The first kappa shape index (κ1) is 15.5. The molecule has 0 spiro atoms. The van der Waals surface area contributed by atoms with Crippen LogP contribution in [0.15, 0.2) is 17.5 Å². The van der Waals surface area contributed by atoms with E-state index in [0.29, 0.717) is 6.54 Å². The summed E-state index contributed by atoms with van der Waals surface area (Å²) < 4.78 is 0. The van der Waals surface area contributed by atoms with Gasteiger partial charge in [-0.15, -0.1) is 11.3 Å². The standard InChI is InChI=1S/C13H20N2O3S/c1-13(2,3)15(7-6-11(16)17)12(18)14-9-10-5-4-8-19-10/h4-5,8H,6-7,9H2,1-3H3,(H,14,18)(H,16,17). The molecule has 0 unspecified atom stereocenters. The van der Waals surface area contributed by atoms with Crippen LogP contribution in [-0.2, 0) is 11.3 Å². The average molecular weight is 284 g/mol. The largest absolute Gasteiger partial charge is 0.481 e. The molecule has 0 fully saturated rings. The van der Waals surface area contributed by atoms with Crippen LogP contribution in [0.1, 0.15) is 32.1 Å². The highest BCUT2D eigenvalue weighted by atomic mass is 32.1. The summed E-state index contributed by atoms with van der Waals surface area (Å²) in [5.41, 5.74) is -0.408. The highest BCUT2D eigenvalue weighted by Crippen LogP contribution is 2.15. The second-order valence-electron chi connectivity index (χ2n) is 5.20. The number of carbonyl (C=O) groups excluding carboxylic acids is 1. The van der Waals surface area contributed by atoms with Gasteiger partial charge in [-0.05, 0) is 32.2 Å². The maximum absolute atomic E-state index is 12.1. The van der Waals surface area contributed by atoms with Gasteiger partial charge in [-0.1, -0.05) is 6.07 Å². The first-order valence-electron chi connectivity index (χ1n) is 6.10. The molecule has 0 aromatic carbocycles. The van der Waals surface area contributed by atoms with Gasteiger partial charge in [-0.3, -0.25) is 4.79 Å². The first-order valence-corrected chi connectivity index (χ1v) is 6.98. The monoisotopic (exact) mass is 284 g/mol. The van der Waals surface area contributed by atoms with Gasteiger partial charge in [0.15, 0.2) is 0 Å². The summed E-state index contributed by atoms with van der Waals surface area (Å²) in [5.74, 6) is -0.902. The Morgan fingerprint density at radius 3 is 2.58 bits per heavy atom. The van der Waals surface area contributed by atoms with E-state index in [1.807, 2.05) is 38.3 Å². The first-order chi connectivity index (χ1) is 8.80. The van der Waals surface area contributed by atoms with Gasteiger partial charge in [0.2, 0.25) is 0 Å². The van der Waals surface area contributed by atoms with Crippen molar-refractivity contribution in [3.63, 3.8) is 0 Å². The number of carboxylic acids is 1. The van der Waals surface area contributed by atoms with Crippen LogP contribution in [-0.4, -0.2) is 34.1 Å². The van der Waals surface area contributed by atoms with Crippen LogP contribution >= 0.6 is 11.3 Å². The molecule has 0 aliphatic heterocycles. The molecule has 0 radical (unpaired) electrons. The Bertz CT molecular complexity index is 424. The summed E-state index contributed by atoms with van der Waals surface area (Å²) in [6.07, 6.45) is -0.0519. The Morgan fingerprint density at radius 2 is 2.11 bits per heavy atom. The third-order valence-electron chi connectivity index (χ3n) is 2.60. The maximum Gasteiger partial charge on any atom is 0.318 e. The number of rotatable bonds is 5. The molecule has 1 aromatic rings. The second-order valence-corrected chi connectivity index (χ2v) is 6.24. The molecule has 1 heterocycles. The van der Waals surface area contributed by atoms with Gasteiger partial charge in [-0.25, -0.2) is 4.79 Å². The quantitative estimate of drug-likeness (QED) is 0.873. The number of amides is 2. The Hall–Kier alpha value is -1.56. The van der Waals surface area contributed by atoms with E-state index in [1.54, 1.807) is 16.2 Å². The normalized spacial score (nSPS) is 11.1. The summed E-state index contributed by atoms with van der Waals surface area (Å²) in [6.45, 7) is 6.34. The van der Waals surface area contributed by atoms with Crippen molar-refractivity contribution in [3.8, 4) is 0 Å². The van der Waals surface area contributed by atoms with Gasteiger partial charge in [0, 0.05) is 17.0 Å². The van der Waals surface area contributed by atoms with Crippen LogP contribution in [0, 0.1) is 0 Å². The second kappa shape index (κ2) is 6.56. The van der Waals surface area contributed by atoms with E-state index in [4.69, 9.17) is 5.11 Å². The number of nitrogens with zero attached hydrogens (tertiary/aromatic N) is 1. The molecular weight excluding hydrogens is 264 g/mol. The van der Waals surface area contributed by atoms with Crippen molar-refractivity contribution in [1.82, 2.24) is 10.2 Å². The van der Waals surface area contributed by atoms with E-state index in [9.17, 15) is 9.59 Å². The molecule has 1 aromatic heterocycles. The fraction of sp³-hybridized carbons (Fsp3) is 0.538. The Labute approximate surface area is 117 Å². The highest BCUT2D eigenvalue weighted by molar-refractivity contribution is 7.09. The lowest BCUT2D eigenvalue weighted by Gasteiger charge is -2.35. The lowest BCUT2D eigenvalue weighted by atomic mass is 10.1. The molecular formula is C13H20N2O3S.